The Morgan fingerprint density at radius 2 is 1.86 bits per heavy atom. The first-order chi connectivity index (χ1) is 9.93. The number of fused-ring (bicyclic) bond motifs is 1. The predicted octanol–water partition coefficient (Wildman–Crippen LogP) is 3.74. The fourth-order valence-electron chi connectivity index (χ4n) is 2.39. The quantitative estimate of drug-likeness (QED) is 0.734. The maximum absolute atomic E-state index is 13.2. The normalized spacial score (nSPS) is 12.0. The fourth-order valence-corrected chi connectivity index (χ4v) is 2.39. The molecule has 108 valence electrons. The lowest BCUT2D eigenvalue weighted by Crippen LogP contribution is -2.07. The molecule has 0 bridgehead atoms. The molecule has 0 radical (unpaired) electrons. The average molecular weight is 287 g/mol. The highest BCUT2D eigenvalue weighted by molar-refractivity contribution is 5.42. The predicted molar refractivity (Wildman–Crippen MR) is 76.5 cm³/mol. The van der Waals surface area contributed by atoms with Crippen molar-refractivity contribution in [1.29, 1.82) is 0 Å². The molecule has 0 N–H and O–H groups in total. The van der Waals surface area contributed by atoms with Gasteiger partial charge in [0.25, 0.3) is 5.92 Å². The maximum Gasteiger partial charge on any atom is 0.270 e. The van der Waals surface area contributed by atoms with E-state index in [9.17, 15) is 8.78 Å². The summed E-state index contributed by atoms with van der Waals surface area (Å²) < 4.78 is 28.2. The number of halogens is 2. The molecule has 0 unspecified atom stereocenters. The van der Waals surface area contributed by atoms with E-state index >= 15 is 0 Å². The van der Waals surface area contributed by atoms with Crippen LogP contribution in [0.25, 0.3) is 5.65 Å². The van der Waals surface area contributed by atoms with Gasteiger partial charge in [-0.05, 0) is 30.2 Å². The number of rotatable bonds is 3. The minimum Gasteiger partial charge on any atom is -0.218 e. The van der Waals surface area contributed by atoms with Crippen molar-refractivity contribution in [3.8, 4) is 0 Å². The van der Waals surface area contributed by atoms with Crippen molar-refractivity contribution in [2.45, 2.75) is 26.2 Å². The number of aromatic nitrogens is 3. The lowest BCUT2D eigenvalue weighted by molar-refractivity contribution is 0.0174. The summed E-state index contributed by atoms with van der Waals surface area (Å²) in [6, 6.07) is 10.4. The summed E-state index contributed by atoms with van der Waals surface area (Å²) in [5, 5.41) is 4.20. The second-order valence-corrected chi connectivity index (χ2v) is 5.32. The van der Waals surface area contributed by atoms with Crippen molar-refractivity contribution in [2.24, 2.45) is 0 Å². The van der Waals surface area contributed by atoms with Gasteiger partial charge in [0.05, 0.1) is 0 Å². The van der Waals surface area contributed by atoms with Crippen LogP contribution in [-0.2, 0) is 12.3 Å². The van der Waals surface area contributed by atoms with Gasteiger partial charge in [-0.1, -0.05) is 24.3 Å². The first-order valence-corrected chi connectivity index (χ1v) is 6.70. The lowest BCUT2D eigenvalue weighted by Gasteiger charge is -2.11. The summed E-state index contributed by atoms with van der Waals surface area (Å²) in [4.78, 5) is 4.18. The molecule has 0 aliphatic carbocycles. The van der Waals surface area contributed by atoms with Gasteiger partial charge in [0.2, 0.25) is 0 Å². The van der Waals surface area contributed by atoms with E-state index in [0.29, 0.717) is 6.42 Å². The highest BCUT2D eigenvalue weighted by Gasteiger charge is 2.23. The van der Waals surface area contributed by atoms with Crippen LogP contribution in [0.5, 0.6) is 0 Å². The number of alkyl halides is 2. The molecule has 3 aromatic rings. The summed E-state index contributed by atoms with van der Waals surface area (Å²) >= 11 is 0. The number of pyridine rings is 1. The van der Waals surface area contributed by atoms with Crippen LogP contribution < -0.4 is 0 Å². The van der Waals surface area contributed by atoms with Crippen LogP contribution >= 0.6 is 0 Å². The molecule has 0 fully saturated rings. The zero-order chi connectivity index (χ0) is 15.0. The minimum atomic E-state index is -2.80. The fraction of sp³-hybridized carbons (Fsp3) is 0.250. The van der Waals surface area contributed by atoms with Crippen LogP contribution in [0.2, 0.25) is 0 Å². The second kappa shape index (κ2) is 4.91. The summed E-state index contributed by atoms with van der Waals surface area (Å²) in [5.41, 5.74) is 3.87. The van der Waals surface area contributed by atoms with E-state index < -0.39 is 5.92 Å². The van der Waals surface area contributed by atoms with E-state index in [1.165, 1.54) is 18.5 Å². The number of hydrogen-bond donors (Lipinski definition) is 0. The Morgan fingerprint density at radius 3 is 2.52 bits per heavy atom. The minimum absolute atomic E-state index is 0.0291. The number of aryl methyl sites for hydroxylation is 1. The van der Waals surface area contributed by atoms with Crippen LogP contribution in [0, 0.1) is 6.92 Å². The van der Waals surface area contributed by atoms with Gasteiger partial charge >= 0.3 is 0 Å². The standard InChI is InChI=1S/C16H15F2N3/c1-11-7-14(21-15(8-11)19-10-20-21)9-12-3-5-13(6-4-12)16(2,17)18/h3-8,10H,9H2,1-2H3. The smallest absolute Gasteiger partial charge is 0.218 e. The molecule has 0 saturated carbocycles. The van der Waals surface area contributed by atoms with E-state index in [0.717, 1.165) is 29.4 Å². The van der Waals surface area contributed by atoms with Gasteiger partial charge in [-0.3, -0.25) is 0 Å². The molecule has 0 aliphatic rings. The Balaban J connectivity index is 1.93. The van der Waals surface area contributed by atoms with Crippen molar-refractivity contribution >= 4 is 5.65 Å². The molecule has 3 nitrogen and oxygen atoms in total. The highest BCUT2D eigenvalue weighted by Crippen LogP contribution is 2.27. The van der Waals surface area contributed by atoms with Crippen LogP contribution in [0.3, 0.4) is 0 Å². The lowest BCUT2D eigenvalue weighted by atomic mass is 10.0. The molecule has 3 rings (SSSR count). The largest absolute Gasteiger partial charge is 0.270 e. The topological polar surface area (TPSA) is 30.2 Å². The third kappa shape index (κ3) is 2.77. The summed E-state index contributed by atoms with van der Waals surface area (Å²) in [6.07, 6.45) is 2.14. The van der Waals surface area contributed by atoms with Crippen LogP contribution in [0.15, 0.2) is 42.7 Å². The molecule has 2 heterocycles. The molecule has 0 aliphatic heterocycles. The number of nitrogens with zero attached hydrogens (tertiary/aromatic N) is 3. The van der Waals surface area contributed by atoms with E-state index in [1.807, 2.05) is 19.1 Å². The van der Waals surface area contributed by atoms with Crippen molar-refractivity contribution in [2.75, 3.05) is 0 Å². The highest BCUT2D eigenvalue weighted by atomic mass is 19.3. The van der Waals surface area contributed by atoms with Crippen LogP contribution in [-0.4, -0.2) is 14.6 Å². The van der Waals surface area contributed by atoms with Gasteiger partial charge in [-0.25, -0.2) is 18.3 Å². The first-order valence-electron chi connectivity index (χ1n) is 6.70. The van der Waals surface area contributed by atoms with Gasteiger partial charge < -0.3 is 0 Å². The Bertz CT molecular complexity index is 770. The molecule has 0 atom stereocenters. The van der Waals surface area contributed by atoms with Crippen LogP contribution in [0.4, 0.5) is 8.78 Å². The molecule has 0 amide bonds. The summed E-state index contributed by atoms with van der Waals surface area (Å²) in [7, 11) is 0. The number of hydrogen-bond acceptors (Lipinski definition) is 2. The second-order valence-electron chi connectivity index (χ2n) is 5.32. The van der Waals surface area contributed by atoms with Gasteiger partial charge in [0.15, 0.2) is 5.65 Å². The summed E-state index contributed by atoms with van der Waals surface area (Å²) in [5.74, 6) is -2.80. The van der Waals surface area contributed by atoms with Gasteiger partial charge in [0, 0.05) is 24.6 Å². The molecule has 0 saturated heterocycles. The average Bonchev–Trinajstić information content (AvgIpc) is 2.86. The maximum atomic E-state index is 13.2. The third-order valence-electron chi connectivity index (χ3n) is 3.44. The molecule has 1 aromatic carbocycles. The van der Waals surface area contributed by atoms with Gasteiger partial charge in [-0.15, -0.1) is 0 Å². The molecule has 0 spiro atoms. The molecule has 21 heavy (non-hydrogen) atoms. The molecular formula is C16H15F2N3. The van der Waals surface area contributed by atoms with Crippen molar-refractivity contribution in [3.63, 3.8) is 0 Å². The molecule has 5 heteroatoms. The number of benzene rings is 1. The van der Waals surface area contributed by atoms with Crippen molar-refractivity contribution in [1.82, 2.24) is 14.6 Å². The van der Waals surface area contributed by atoms with Crippen molar-refractivity contribution < 1.29 is 8.78 Å². The summed E-state index contributed by atoms with van der Waals surface area (Å²) in [6.45, 7) is 2.90. The van der Waals surface area contributed by atoms with Gasteiger partial charge in [0.1, 0.15) is 6.33 Å². The Morgan fingerprint density at radius 1 is 1.14 bits per heavy atom. The van der Waals surface area contributed by atoms with E-state index in [1.54, 1.807) is 16.6 Å². The zero-order valence-corrected chi connectivity index (χ0v) is 11.8. The van der Waals surface area contributed by atoms with Gasteiger partial charge in [-0.2, -0.15) is 5.10 Å². The Hall–Kier alpha value is -2.30. The Labute approximate surface area is 121 Å². The van der Waals surface area contributed by atoms with Crippen LogP contribution in [0.1, 0.15) is 29.3 Å². The van der Waals surface area contributed by atoms with E-state index in [2.05, 4.69) is 10.1 Å². The van der Waals surface area contributed by atoms with Crippen molar-refractivity contribution in [3.05, 3.63) is 65.1 Å². The monoisotopic (exact) mass is 287 g/mol. The third-order valence-corrected chi connectivity index (χ3v) is 3.44. The SMILES string of the molecule is Cc1cc(Cc2ccc(C(C)(F)F)cc2)n2ncnc2c1. The van der Waals surface area contributed by atoms with E-state index in [4.69, 9.17) is 0 Å². The van der Waals surface area contributed by atoms with E-state index in [-0.39, 0.29) is 5.56 Å². The Kier molecular flexibility index (Phi) is 3.20. The molecule has 2 aromatic heterocycles. The first kappa shape index (κ1) is 13.7. The zero-order valence-electron chi connectivity index (χ0n) is 11.8. The molecular weight excluding hydrogens is 272 g/mol.